The number of likely N-dealkylation sites (tertiary alicyclic amines) is 1. The van der Waals surface area contributed by atoms with Gasteiger partial charge in [-0.25, -0.2) is 0 Å². The standard InChI is InChI=1S/C11H16N2O2S/c1-7-9(12)3-4-13(7)11(14)10-5-8(15-2)6-16-10/h5-7,9H,3-4,12H2,1-2H3. The van der Waals surface area contributed by atoms with Crippen molar-refractivity contribution in [1.29, 1.82) is 0 Å². The van der Waals surface area contributed by atoms with Gasteiger partial charge in [-0.05, 0) is 13.3 Å². The number of ether oxygens (including phenoxy) is 1. The van der Waals surface area contributed by atoms with E-state index in [4.69, 9.17) is 10.5 Å². The van der Waals surface area contributed by atoms with Gasteiger partial charge in [0.1, 0.15) is 5.75 Å². The molecule has 2 heterocycles. The van der Waals surface area contributed by atoms with Gasteiger partial charge in [-0.1, -0.05) is 0 Å². The van der Waals surface area contributed by atoms with Gasteiger partial charge in [0.2, 0.25) is 0 Å². The van der Waals surface area contributed by atoms with Crippen LogP contribution in [-0.4, -0.2) is 36.5 Å². The van der Waals surface area contributed by atoms with Crippen molar-refractivity contribution in [3.63, 3.8) is 0 Å². The van der Waals surface area contributed by atoms with Crippen LogP contribution in [0.5, 0.6) is 5.75 Å². The molecule has 2 unspecified atom stereocenters. The second-order valence-corrected chi connectivity index (χ2v) is 4.95. The summed E-state index contributed by atoms with van der Waals surface area (Å²) in [6.45, 7) is 2.75. The van der Waals surface area contributed by atoms with Crippen molar-refractivity contribution in [2.75, 3.05) is 13.7 Å². The van der Waals surface area contributed by atoms with Crippen molar-refractivity contribution in [1.82, 2.24) is 4.90 Å². The van der Waals surface area contributed by atoms with E-state index in [9.17, 15) is 4.79 Å². The molecule has 0 aliphatic carbocycles. The van der Waals surface area contributed by atoms with Gasteiger partial charge in [0.05, 0.1) is 12.0 Å². The predicted molar refractivity (Wildman–Crippen MR) is 64.0 cm³/mol. The SMILES string of the molecule is COc1csc(C(=O)N2CCC(N)C2C)c1. The van der Waals surface area contributed by atoms with Crippen molar-refractivity contribution in [3.8, 4) is 5.75 Å². The summed E-state index contributed by atoms with van der Waals surface area (Å²) in [5.41, 5.74) is 5.90. The molecule has 1 aliphatic rings. The first-order chi connectivity index (χ1) is 7.63. The van der Waals surface area contributed by atoms with E-state index in [1.165, 1.54) is 11.3 Å². The van der Waals surface area contributed by atoms with E-state index >= 15 is 0 Å². The molecular weight excluding hydrogens is 224 g/mol. The van der Waals surface area contributed by atoms with Gasteiger partial charge in [-0.3, -0.25) is 4.79 Å². The highest BCUT2D eigenvalue weighted by molar-refractivity contribution is 7.12. The fraction of sp³-hybridized carbons (Fsp3) is 0.545. The molecule has 2 N–H and O–H groups in total. The zero-order valence-corrected chi connectivity index (χ0v) is 10.3. The first-order valence-electron chi connectivity index (χ1n) is 5.32. The number of amides is 1. The highest BCUT2D eigenvalue weighted by Gasteiger charge is 2.32. The zero-order chi connectivity index (χ0) is 11.7. The second kappa shape index (κ2) is 4.43. The highest BCUT2D eigenvalue weighted by atomic mass is 32.1. The van der Waals surface area contributed by atoms with E-state index in [1.807, 2.05) is 17.2 Å². The maximum atomic E-state index is 12.2. The van der Waals surface area contributed by atoms with Crippen LogP contribution in [0, 0.1) is 0 Å². The maximum absolute atomic E-state index is 12.2. The number of rotatable bonds is 2. The largest absolute Gasteiger partial charge is 0.496 e. The lowest BCUT2D eigenvalue weighted by Gasteiger charge is -2.22. The van der Waals surface area contributed by atoms with Gasteiger partial charge in [0, 0.05) is 30.1 Å². The van der Waals surface area contributed by atoms with Crippen LogP contribution in [-0.2, 0) is 0 Å². The average molecular weight is 240 g/mol. The Hall–Kier alpha value is -1.07. The molecule has 0 aromatic carbocycles. The lowest BCUT2D eigenvalue weighted by molar-refractivity contribution is 0.0747. The number of nitrogens with zero attached hydrogens (tertiary/aromatic N) is 1. The number of hydrogen-bond acceptors (Lipinski definition) is 4. The Morgan fingerprint density at radius 1 is 1.69 bits per heavy atom. The van der Waals surface area contributed by atoms with Crippen LogP contribution >= 0.6 is 11.3 Å². The quantitative estimate of drug-likeness (QED) is 0.848. The number of carbonyl (C=O) groups is 1. The van der Waals surface area contributed by atoms with Crippen molar-refractivity contribution < 1.29 is 9.53 Å². The molecule has 16 heavy (non-hydrogen) atoms. The molecule has 5 heteroatoms. The molecule has 1 aromatic rings. The third-order valence-corrected chi connectivity index (χ3v) is 3.99. The molecule has 0 spiro atoms. The summed E-state index contributed by atoms with van der Waals surface area (Å²) >= 11 is 1.42. The number of hydrogen-bond donors (Lipinski definition) is 1. The smallest absolute Gasteiger partial charge is 0.264 e. The van der Waals surface area contributed by atoms with E-state index in [0.717, 1.165) is 23.6 Å². The van der Waals surface area contributed by atoms with Gasteiger partial charge >= 0.3 is 0 Å². The van der Waals surface area contributed by atoms with Crippen LogP contribution < -0.4 is 10.5 Å². The first kappa shape index (κ1) is 11.4. The molecule has 1 saturated heterocycles. The van der Waals surface area contributed by atoms with Crippen molar-refractivity contribution >= 4 is 17.2 Å². The fourth-order valence-corrected chi connectivity index (χ4v) is 2.74. The minimum absolute atomic E-state index is 0.0637. The number of nitrogens with two attached hydrogens (primary N) is 1. The summed E-state index contributed by atoms with van der Waals surface area (Å²) in [4.78, 5) is 14.7. The lowest BCUT2D eigenvalue weighted by atomic mass is 10.2. The molecule has 1 fully saturated rings. The van der Waals surface area contributed by atoms with Crippen LogP contribution in [0.25, 0.3) is 0 Å². The first-order valence-corrected chi connectivity index (χ1v) is 6.20. The average Bonchev–Trinajstić information content (AvgIpc) is 2.87. The normalized spacial score (nSPS) is 24.8. The van der Waals surface area contributed by atoms with Crippen molar-refractivity contribution in [2.45, 2.75) is 25.4 Å². The molecule has 0 bridgehead atoms. The number of carbonyl (C=O) groups excluding carboxylic acids is 1. The molecule has 2 atom stereocenters. The van der Waals surface area contributed by atoms with Gasteiger partial charge in [-0.15, -0.1) is 11.3 Å². The van der Waals surface area contributed by atoms with E-state index in [0.29, 0.717) is 0 Å². The molecule has 0 saturated carbocycles. The van der Waals surface area contributed by atoms with Crippen molar-refractivity contribution in [2.24, 2.45) is 5.73 Å². The minimum Gasteiger partial charge on any atom is -0.496 e. The molecule has 88 valence electrons. The topological polar surface area (TPSA) is 55.6 Å². The zero-order valence-electron chi connectivity index (χ0n) is 9.47. The van der Waals surface area contributed by atoms with Crippen LogP contribution in [0.4, 0.5) is 0 Å². The third kappa shape index (κ3) is 1.92. The Morgan fingerprint density at radius 2 is 2.44 bits per heavy atom. The summed E-state index contributed by atoms with van der Waals surface area (Å²) in [5, 5.41) is 1.84. The van der Waals surface area contributed by atoms with Crippen molar-refractivity contribution in [3.05, 3.63) is 16.3 Å². The highest BCUT2D eigenvalue weighted by Crippen LogP contribution is 2.25. The number of thiophene rings is 1. The maximum Gasteiger partial charge on any atom is 0.264 e. The van der Waals surface area contributed by atoms with Gasteiger partial charge in [0.15, 0.2) is 0 Å². The molecule has 1 amide bonds. The molecule has 1 aliphatic heterocycles. The minimum atomic E-state index is 0.0637. The van der Waals surface area contributed by atoms with E-state index in [2.05, 4.69) is 0 Å². The molecule has 0 radical (unpaired) electrons. The summed E-state index contributed by atoms with van der Waals surface area (Å²) in [6.07, 6.45) is 0.884. The van der Waals surface area contributed by atoms with Crippen LogP contribution in [0.15, 0.2) is 11.4 Å². The Bertz CT molecular complexity index is 391. The summed E-state index contributed by atoms with van der Waals surface area (Å²) < 4.78 is 5.07. The fourth-order valence-electron chi connectivity index (χ4n) is 1.93. The van der Waals surface area contributed by atoms with Crippen LogP contribution in [0.2, 0.25) is 0 Å². The van der Waals surface area contributed by atoms with Crippen LogP contribution in [0.3, 0.4) is 0 Å². The van der Waals surface area contributed by atoms with Crippen LogP contribution in [0.1, 0.15) is 23.0 Å². The summed E-state index contributed by atoms with van der Waals surface area (Å²) in [7, 11) is 1.60. The Kier molecular flexibility index (Phi) is 3.16. The monoisotopic (exact) mass is 240 g/mol. The number of methoxy groups -OCH3 is 1. The Balaban J connectivity index is 2.13. The lowest BCUT2D eigenvalue weighted by Crippen LogP contribution is -2.40. The van der Waals surface area contributed by atoms with E-state index in [-0.39, 0.29) is 18.0 Å². The molecule has 4 nitrogen and oxygen atoms in total. The summed E-state index contributed by atoms with van der Waals surface area (Å²) in [6, 6.07) is 2.01. The Labute approximate surface area is 99.0 Å². The van der Waals surface area contributed by atoms with E-state index < -0.39 is 0 Å². The second-order valence-electron chi connectivity index (χ2n) is 4.04. The van der Waals surface area contributed by atoms with Gasteiger partial charge in [-0.2, -0.15) is 0 Å². The third-order valence-electron chi connectivity index (χ3n) is 3.10. The van der Waals surface area contributed by atoms with Gasteiger partial charge < -0.3 is 15.4 Å². The summed E-state index contributed by atoms with van der Waals surface area (Å²) in [5.74, 6) is 0.804. The molecule has 1 aromatic heterocycles. The van der Waals surface area contributed by atoms with Gasteiger partial charge in [0.25, 0.3) is 5.91 Å². The molecular formula is C11H16N2O2S. The predicted octanol–water partition coefficient (Wildman–Crippen LogP) is 1.32. The van der Waals surface area contributed by atoms with E-state index in [1.54, 1.807) is 13.2 Å². The Morgan fingerprint density at radius 3 is 2.94 bits per heavy atom. The molecule has 2 rings (SSSR count).